The van der Waals surface area contributed by atoms with E-state index in [2.05, 4.69) is 14.4 Å². The largest absolute Gasteiger partial charge is 0.496 e. The van der Waals surface area contributed by atoms with Gasteiger partial charge in [-0.3, -0.25) is 0 Å². The lowest BCUT2D eigenvalue weighted by molar-refractivity contribution is 0.0600. The third-order valence-corrected chi connectivity index (χ3v) is 5.86. The van der Waals surface area contributed by atoms with Crippen LogP contribution in [0.5, 0.6) is 5.75 Å². The van der Waals surface area contributed by atoms with E-state index in [1.54, 1.807) is 48.3 Å². The van der Waals surface area contributed by atoms with Gasteiger partial charge >= 0.3 is 5.97 Å². The maximum atomic E-state index is 13.1. The first-order valence-electron chi connectivity index (χ1n) is 8.68. The van der Waals surface area contributed by atoms with Gasteiger partial charge in [0.25, 0.3) is 0 Å². The fraction of sp³-hybridized carbons (Fsp3) is 0.200. The molecule has 2 aromatic carbocycles. The van der Waals surface area contributed by atoms with Crippen molar-refractivity contribution in [1.82, 2.24) is 14.3 Å². The van der Waals surface area contributed by atoms with Gasteiger partial charge in [-0.2, -0.15) is 4.72 Å². The first kappa shape index (κ1) is 20.6. The van der Waals surface area contributed by atoms with E-state index in [9.17, 15) is 13.2 Å². The van der Waals surface area contributed by atoms with Gasteiger partial charge in [0.2, 0.25) is 10.0 Å². The number of rotatable bonds is 7. The van der Waals surface area contributed by atoms with Gasteiger partial charge in [0.05, 0.1) is 24.7 Å². The fourth-order valence-electron chi connectivity index (χ4n) is 2.93. The SMILES string of the molecule is COC(=O)c1ccc(S(=O)(=O)N[C@H](c2ccccc2OC)c2nccn2C)cc1. The van der Waals surface area contributed by atoms with Crippen molar-refractivity contribution in [3.05, 3.63) is 77.9 Å². The van der Waals surface area contributed by atoms with Crippen LogP contribution in [0.3, 0.4) is 0 Å². The Morgan fingerprint density at radius 2 is 1.79 bits per heavy atom. The number of ether oxygens (including phenoxy) is 2. The van der Waals surface area contributed by atoms with Crippen LogP contribution in [0.25, 0.3) is 0 Å². The molecule has 1 aromatic heterocycles. The highest BCUT2D eigenvalue weighted by Gasteiger charge is 2.28. The molecule has 0 unspecified atom stereocenters. The minimum Gasteiger partial charge on any atom is -0.496 e. The molecule has 152 valence electrons. The summed E-state index contributed by atoms with van der Waals surface area (Å²) < 4.78 is 40.6. The molecule has 1 atom stereocenters. The summed E-state index contributed by atoms with van der Waals surface area (Å²) in [6.07, 6.45) is 3.33. The molecule has 0 saturated heterocycles. The van der Waals surface area contributed by atoms with Crippen LogP contribution in [0.4, 0.5) is 0 Å². The van der Waals surface area contributed by atoms with E-state index in [-0.39, 0.29) is 10.5 Å². The molecule has 8 nitrogen and oxygen atoms in total. The van der Waals surface area contributed by atoms with Crippen LogP contribution in [0.2, 0.25) is 0 Å². The van der Waals surface area contributed by atoms with Crippen LogP contribution >= 0.6 is 0 Å². The number of para-hydroxylation sites is 1. The normalized spacial score (nSPS) is 12.4. The number of nitrogens with one attached hydrogen (secondary N) is 1. The molecule has 0 aliphatic heterocycles. The number of nitrogens with zero attached hydrogens (tertiary/aromatic N) is 2. The summed E-state index contributed by atoms with van der Waals surface area (Å²) >= 11 is 0. The summed E-state index contributed by atoms with van der Waals surface area (Å²) in [5.41, 5.74) is 0.885. The first-order valence-corrected chi connectivity index (χ1v) is 10.2. The summed E-state index contributed by atoms with van der Waals surface area (Å²) in [6.45, 7) is 0. The van der Waals surface area contributed by atoms with Crippen LogP contribution in [-0.2, 0) is 21.8 Å². The molecule has 0 aliphatic rings. The van der Waals surface area contributed by atoms with Gasteiger partial charge in [-0.05, 0) is 30.3 Å². The van der Waals surface area contributed by atoms with E-state index in [4.69, 9.17) is 4.74 Å². The lowest BCUT2D eigenvalue weighted by Gasteiger charge is -2.21. The van der Waals surface area contributed by atoms with Crippen molar-refractivity contribution in [3.8, 4) is 5.75 Å². The lowest BCUT2D eigenvalue weighted by atomic mass is 10.1. The van der Waals surface area contributed by atoms with Crippen molar-refractivity contribution in [2.75, 3.05) is 14.2 Å². The minimum atomic E-state index is -3.94. The predicted molar refractivity (Wildman–Crippen MR) is 106 cm³/mol. The van der Waals surface area contributed by atoms with Gasteiger partial charge in [0, 0.05) is 25.0 Å². The number of methoxy groups -OCH3 is 2. The van der Waals surface area contributed by atoms with Crippen LogP contribution in [0, 0.1) is 0 Å². The van der Waals surface area contributed by atoms with E-state index >= 15 is 0 Å². The molecular weight excluding hydrogens is 394 g/mol. The number of benzene rings is 2. The number of esters is 1. The second-order valence-electron chi connectivity index (χ2n) is 6.21. The average Bonchev–Trinajstić information content (AvgIpc) is 3.17. The number of aryl methyl sites for hydroxylation is 1. The van der Waals surface area contributed by atoms with Crippen molar-refractivity contribution in [3.63, 3.8) is 0 Å². The van der Waals surface area contributed by atoms with Gasteiger partial charge < -0.3 is 14.0 Å². The van der Waals surface area contributed by atoms with Gasteiger partial charge in [-0.15, -0.1) is 0 Å². The molecule has 29 heavy (non-hydrogen) atoms. The number of carbonyl (C=O) groups is 1. The quantitative estimate of drug-likeness (QED) is 0.595. The van der Waals surface area contributed by atoms with E-state index < -0.39 is 22.0 Å². The van der Waals surface area contributed by atoms with E-state index in [1.807, 2.05) is 0 Å². The Hall–Kier alpha value is -3.17. The highest BCUT2D eigenvalue weighted by atomic mass is 32.2. The van der Waals surface area contributed by atoms with Gasteiger partial charge in [0.15, 0.2) is 0 Å². The number of aromatic nitrogens is 2. The van der Waals surface area contributed by atoms with Crippen LogP contribution in [-0.4, -0.2) is 38.2 Å². The summed E-state index contributed by atoms with van der Waals surface area (Å²) in [6, 6.07) is 11.9. The Kier molecular flexibility index (Phi) is 6.00. The lowest BCUT2D eigenvalue weighted by Crippen LogP contribution is -2.31. The third kappa shape index (κ3) is 4.30. The number of hydrogen-bond acceptors (Lipinski definition) is 6. The molecule has 1 heterocycles. The van der Waals surface area contributed by atoms with Crippen molar-refractivity contribution in [1.29, 1.82) is 0 Å². The van der Waals surface area contributed by atoms with Crippen LogP contribution in [0.15, 0.2) is 65.8 Å². The Balaban J connectivity index is 2.01. The summed E-state index contributed by atoms with van der Waals surface area (Å²) in [4.78, 5) is 15.9. The Labute approximate surface area is 169 Å². The maximum absolute atomic E-state index is 13.1. The van der Waals surface area contributed by atoms with Gasteiger partial charge in [-0.1, -0.05) is 18.2 Å². The van der Waals surface area contributed by atoms with Crippen molar-refractivity contribution >= 4 is 16.0 Å². The van der Waals surface area contributed by atoms with Crippen molar-refractivity contribution < 1.29 is 22.7 Å². The molecular formula is C20H21N3O5S. The molecule has 0 spiro atoms. The highest BCUT2D eigenvalue weighted by molar-refractivity contribution is 7.89. The fourth-order valence-corrected chi connectivity index (χ4v) is 4.10. The number of carbonyl (C=O) groups excluding carboxylic acids is 1. The van der Waals surface area contributed by atoms with Crippen LogP contribution in [0.1, 0.15) is 27.8 Å². The Morgan fingerprint density at radius 3 is 2.38 bits per heavy atom. The molecule has 0 aliphatic carbocycles. The molecule has 0 fully saturated rings. The molecule has 0 bridgehead atoms. The van der Waals surface area contributed by atoms with Gasteiger partial charge in [-0.25, -0.2) is 18.2 Å². The monoisotopic (exact) mass is 415 g/mol. The van der Waals surface area contributed by atoms with Crippen LogP contribution < -0.4 is 9.46 Å². The molecule has 3 rings (SSSR count). The van der Waals surface area contributed by atoms with E-state index in [0.717, 1.165) is 0 Å². The molecule has 9 heteroatoms. The smallest absolute Gasteiger partial charge is 0.337 e. The number of imidazole rings is 1. The molecule has 1 N–H and O–H groups in total. The molecule has 0 radical (unpaired) electrons. The molecule has 3 aromatic rings. The van der Waals surface area contributed by atoms with E-state index in [0.29, 0.717) is 17.1 Å². The molecule has 0 amide bonds. The zero-order valence-electron chi connectivity index (χ0n) is 16.2. The Bertz CT molecular complexity index is 1110. The first-order chi connectivity index (χ1) is 13.9. The molecule has 0 saturated carbocycles. The second-order valence-corrected chi connectivity index (χ2v) is 7.92. The zero-order chi connectivity index (χ0) is 21.0. The maximum Gasteiger partial charge on any atom is 0.337 e. The predicted octanol–water partition coefficient (Wildman–Crippen LogP) is 2.28. The number of sulfonamides is 1. The summed E-state index contributed by atoms with van der Waals surface area (Å²) in [5.74, 6) is 0.496. The minimum absolute atomic E-state index is 0.0132. The van der Waals surface area contributed by atoms with Gasteiger partial charge in [0.1, 0.15) is 17.6 Å². The standard InChI is InChI=1S/C20H21N3O5S/c1-23-13-12-21-19(23)18(16-6-4-5-7-17(16)27-2)22-29(25,26)15-10-8-14(9-11-15)20(24)28-3/h4-13,18,22H,1-3H3/t18-/m1/s1. The summed E-state index contributed by atoms with van der Waals surface area (Å²) in [5, 5.41) is 0. The second kappa shape index (κ2) is 8.46. The van der Waals surface area contributed by atoms with E-state index in [1.165, 1.54) is 38.5 Å². The topological polar surface area (TPSA) is 99.5 Å². The average molecular weight is 415 g/mol. The van der Waals surface area contributed by atoms with Crippen molar-refractivity contribution in [2.45, 2.75) is 10.9 Å². The zero-order valence-corrected chi connectivity index (χ0v) is 17.0. The summed E-state index contributed by atoms with van der Waals surface area (Å²) in [7, 11) is 0.632. The van der Waals surface area contributed by atoms with Crippen molar-refractivity contribution in [2.24, 2.45) is 7.05 Å². The third-order valence-electron chi connectivity index (χ3n) is 4.43. The Morgan fingerprint density at radius 1 is 1.10 bits per heavy atom. The number of hydrogen-bond donors (Lipinski definition) is 1. The highest BCUT2D eigenvalue weighted by Crippen LogP contribution is 2.30.